The van der Waals surface area contributed by atoms with Crippen LogP contribution in [0.1, 0.15) is 31.9 Å². The number of amides is 2. The first kappa shape index (κ1) is 16.6. The fourth-order valence-corrected chi connectivity index (χ4v) is 1.56. The number of nitrogens with two attached hydrogens (primary N) is 1. The van der Waals surface area contributed by atoms with Crippen LogP contribution in [-0.4, -0.2) is 39.9 Å². The SMILES string of the molecule is CCCCC(O)CN(N=Cc1ccc([N+](=O)[O-])o1)C(N)=O. The van der Waals surface area contributed by atoms with E-state index in [9.17, 15) is 20.0 Å². The average molecular weight is 298 g/mol. The quantitative estimate of drug-likeness (QED) is 0.425. The van der Waals surface area contributed by atoms with Gasteiger partial charge in [-0.1, -0.05) is 19.8 Å². The van der Waals surface area contributed by atoms with Crippen LogP contribution in [0.3, 0.4) is 0 Å². The van der Waals surface area contributed by atoms with Crippen LogP contribution in [0.25, 0.3) is 0 Å². The Bertz CT molecular complexity index is 514. The summed E-state index contributed by atoms with van der Waals surface area (Å²) in [6.07, 6.45) is 2.67. The number of primary amides is 1. The molecule has 0 bridgehead atoms. The third kappa shape index (κ3) is 5.61. The van der Waals surface area contributed by atoms with Crippen LogP contribution in [-0.2, 0) is 0 Å². The lowest BCUT2D eigenvalue weighted by Crippen LogP contribution is -2.37. The molecule has 1 atom stereocenters. The van der Waals surface area contributed by atoms with Crippen molar-refractivity contribution in [3.63, 3.8) is 0 Å². The van der Waals surface area contributed by atoms with Gasteiger partial charge in [0.15, 0.2) is 5.76 Å². The highest BCUT2D eigenvalue weighted by molar-refractivity contribution is 5.79. The van der Waals surface area contributed by atoms with Crippen LogP contribution < -0.4 is 5.73 Å². The zero-order valence-electron chi connectivity index (χ0n) is 11.6. The number of aliphatic hydroxyl groups excluding tert-OH is 1. The zero-order chi connectivity index (χ0) is 15.8. The van der Waals surface area contributed by atoms with Crippen molar-refractivity contribution < 1.29 is 19.2 Å². The van der Waals surface area contributed by atoms with Gasteiger partial charge in [0, 0.05) is 0 Å². The monoisotopic (exact) mass is 298 g/mol. The number of aliphatic hydroxyl groups is 1. The lowest BCUT2D eigenvalue weighted by molar-refractivity contribution is -0.402. The van der Waals surface area contributed by atoms with E-state index in [0.29, 0.717) is 6.42 Å². The smallest absolute Gasteiger partial charge is 0.400 e. The molecule has 1 heterocycles. The predicted octanol–water partition coefficient (Wildman–Crippen LogP) is 1.45. The number of hydrogen-bond donors (Lipinski definition) is 2. The van der Waals surface area contributed by atoms with E-state index < -0.39 is 22.9 Å². The minimum absolute atomic E-state index is 0.0470. The fraction of sp³-hybridized carbons (Fsp3) is 0.500. The zero-order valence-corrected chi connectivity index (χ0v) is 11.6. The molecule has 3 N–H and O–H groups in total. The van der Waals surface area contributed by atoms with E-state index in [1.54, 1.807) is 0 Å². The molecule has 0 radical (unpaired) electrons. The molecule has 1 aromatic heterocycles. The van der Waals surface area contributed by atoms with Gasteiger partial charge in [-0.05, 0) is 12.5 Å². The molecule has 0 aliphatic heterocycles. The first-order chi connectivity index (χ1) is 9.93. The topological polar surface area (TPSA) is 135 Å². The Balaban J connectivity index is 2.66. The van der Waals surface area contributed by atoms with Crippen molar-refractivity contribution in [1.29, 1.82) is 0 Å². The molecule has 0 spiro atoms. The van der Waals surface area contributed by atoms with Crippen molar-refractivity contribution in [3.05, 3.63) is 28.0 Å². The number of urea groups is 1. The van der Waals surface area contributed by atoms with Gasteiger partial charge in [-0.2, -0.15) is 5.10 Å². The Labute approximate surface area is 121 Å². The standard InChI is InChI=1S/C12H18N4O5/c1-2-3-4-9(17)8-15(12(13)18)14-7-10-5-6-11(21-10)16(19)20/h5-7,9,17H,2-4,8H2,1H3,(H2,13,18). The molecule has 1 unspecified atom stereocenters. The summed E-state index contributed by atoms with van der Waals surface area (Å²) in [4.78, 5) is 21.0. The van der Waals surface area contributed by atoms with E-state index in [1.807, 2.05) is 6.92 Å². The molecule has 1 rings (SSSR count). The van der Waals surface area contributed by atoms with Crippen LogP contribution in [0.5, 0.6) is 0 Å². The molecule has 9 nitrogen and oxygen atoms in total. The predicted molar refractivity (Wildman–Crippen MR) is 74.8 cm³/mol. The molecule has 0 saturated heterocycles. The number of rotatable bonds is 8. The normalized spacial score (nSPS) is 12.5. The van der Waals surface area contributed by atoms with Gasteiger partial charge in [-0.15, -0.1) is 0 Å². The second-order valence-electron chi connectivity index (χ2n) is 4.39. The maximum Gasteiger partial charge on any atom is 0.433 e. The lowest BCUT2D eigenvalue weighted by Gasteiger charge is -2.18. The molecule has 0 aliphatic rings. The van der Waals surface area contributed by atoms with Crippen LogP contribution in [0, 0.1) is 10.1 Å². The first-order valence-electron chi connectivity index (χ1n) is 6.47. The Morgan fingerprint density at radius 3 is 2.90 bits per heavy atom. The molecule has 9 heteroatoms. The summed E-state index contributed by atoms with van der Waals surface area (Å²) in [6, 6.07) is 1.68. The molecule has 0 saturated carbocycles. The van der Waals surface area contributed by atoms with Crippen molar-refractivity contribution in [2.75, 3.05) is 6.54 Å². The second kappa shape index (κ2) is 8.00. The van der Waals surface area contributed by atoms with Crippen LogP contribution in [0.15, 0.2) is 21.7 Å². The Kier molecular flexibility index (Phi) is 6.34. The first-order valence-corrected chi connectivity index (χ1v) is 6.47. The molecular formula is C12H18N4O5. The summed E-state index contributed by atoms with van der Waals surface area (Å²) in [5, 5.41) is 24.8. The molecule has 1 aromatic rings. The molecule has 116 valence electrons. The van der Waals surface area contributed by atoms with E-state index in [-0.39, 0.29) is 12.3 Å². The van der Waals surface area contributed by atoms with Gasteiger partial charge in [0.25, 0.3) is 0 Å². The number of carbonyl (C=O) groups is 1. The maximum absolute atomic E-state index is 11.2. The minimum Gasteiger partial charge on any atom is -0.400 e. The van der Waals surface area contributed by atoms with E-state index in [4.69, 9.17) is 10.2 Å². The van der Waals surface area contributed by atoms with E-state index in [1.165, 1.54) is 12.1 Å². The van der Waals surface area contributed by atoms with E-state index in [0.717, 1.165) is 24.1 Å². The number of nitro groups is 1. The summed E-state index contributed by atoms with van der Waals surface area (Å²) in [6.45, 7) is 1.94. The second-order valence-corrected chi connectivity index (χ2v) is 4.39. The summed E-state index contributed by atoms with van der Waals surface area (Å²) >= 11 is 0. The number of hydrogen-bond acceptors (Lipinski definition) is 6. The number of carbonyl (C=O) groups excluding carboxylic acids is 1. The Morgan fingerprint density at radius 1 is 1.67 bits per heavy atom. The van der Waals surface area contributed by atoms with E-state index >= 15 is 0 Å². The van der Waals surface area contributed by atoms with Gasteiger partial charge in [-0.25, -0.2) is 9.80 Å². The maximum atomic E-state index is 11.2. The molecule has 0 aliphatic carbocycles. The van der Waals surface area contributed by atoms with Crippen molar-refractivity contribution in [3.8, 4) is 0 Å². The highest BCUT2D eigenvalue weighted by atomic mass is 16.6. The van der Waals surface area contributed by atoms with Crippen molar-refractivity contribution >= 4 is 18.1 Å². The van der Waals surface area contributed by atoms with E-state index in [2.05, 4.69) is 5.10 Å². The number of unbranched alkanes of at least 4 members (excludes halogenated alkanes) is 1. The molecular weight excluding hydrogens is 280 g/mol. The van der Waals surface area contributed by atoms with Crippen molar-refractivity contribution in [2.24, 2.45) is 10.8 Å². The molecule has 0 fully saturated rings. The number of hydrazone groups is 1. The van der Waals surface area contributed by atoms with Gasteiger partial charge in [-0.3, -0.25) is 10.1 Å². The number of nitrogens with zero attached hydrogens (tertiary/aromatic N) is 3. The van der Waals surface area contributed by atoms with Gasteiger partial charge < -0.3 is 15.3 Å². The molecule has 21 heavy (non-hydrogen) atoms. The average Bonchev–Trinajstić information content (AvgIpc) is 2.89. The largest absolute Gasteiger partial charge is 0.433 e. The third-order valence-electron chi connectivity index (χ3n) is 2.65. The van der Waals surface area contributed by atoms with Crippen LogP contribution >= 0.6 is 0 Å². The third-order valence-corrected chi connectivity index (χ3v) is 2.65. The van der Waals surface area contributed by atoms with Crippen molar-refractivity contribution in [2.45, 2.75) is 32.3 Å². The summed E-state index contributed by atoms with van der Waals surface area (Å²) in [5.74, 6) is -0.318. The Morgan fingerprint density at radius 2 is 2.38 bits per heavy atom. The van der Waals surface area contributed by atoms with Gasteiger partial charge in [0.05, 0.1) is 24.9 Å². The summed E-state index contributed by atoms with van der Waals surface area (Å²) in [7, 11) is 0. The number of furan rings is 1. The molecule has 2 amide bonds. The Hall–Kier alpha value is -2.42. The fourth-order valence-electron chi connectivity index (χ4n) is 1.56. The molecule has 0 aromatic carbocycles. The minimum atomic E-state index is -0.831. The van der Waals surface area contributed by atoms with Gasteiger partial charge >= 0.3 is 11.9 Å². The summed E-state index contributed by atoms with van der Waals surface area (Å²) < 4.78 is 4.86. The lowest BCUT2D eigenvalue weighted by atomic mass is 10.1. The van der Waals surface area contributed by atoms with Gasteiger partial charge in [0.1, 0.15) is 4.92 Å². The van der Waals surface area contributed by atoms with Crippen molar-refractivity contribution in [1.82, 2.24) is 5.01 Å². The summed E-state index contributed by atoms with van der Waals surface area (Å²) in [5.41, 5.74) is 5.15. The van der Waals surface area contributed by atoms with Crippen LogP contribution in [0.2, 0.25) is 0 Å². The highest BCUT2D eigenvalue weighted by Gasteiger charge is 2.15. The van der Waals surface area contributed by atoms with Crippen LogP contribution in [0.4, 0.5) is 10.7 Å². The highest BCUT2D eigenvalue weighted by Crippen LogP contribution is 2.14. The van der Waals surface area contributed by atoms with Gasteiger partial charge in [0.2, 0.25) is 0 Å².